The van der Waals surface area contributed by atoms with Gasteiger partial charge in [-0.05, 0) is 86.9 Å². The van der Waals surface area contributed by atoms with E-state index in [4.69, 9.17) is 15.8 Å². The van der Waals surface area contributed by atoms with E-state index in [0.717, 1.165) is 76.3 Å². The minimum absolute atomic E-state index is 0.0426. The third-order valence-electron chi connectivity index (χ3n) is 10.1. The van der Waals surface area contributed by atoms with Crippen molar-refractivity contribution in [3.8, 4) is 22.6 Å². The second kappa shape index (κ2) is 8.94. The average Bonchev–Trinajstić information content (AvgIpc) is 3.23. The monoisotopic (exact) mass is 569 g/mol. The molecule has 2 aliphatic heterocycles. The van der Waals surface area contributed by atoms with E-state index in [2.05, 4.69) is 28.6 Å². The number of benzene rings is 1. The number of aromatic nitrogens is 4. The van der Waals surface area contributed by atoms with Gasteiger partial charge < -0.3 is 15.2 Å². The topological polar surface area (TPSA) is 111 Å². The van der Waals surface area contributed by atoms with Crippen LogP contribution in [0.25, 0.3) is 39.2 Å². The molecule has 2 saturated carbocycles. The Morgan fingerprint density at radius 1 is 1.05 bits per heavy atom. The van der Waals surface area contributed by atoms with E-state index < -0.39 is 0 Å². The molecule has 2 amide bonds. The van der Waals surface area contributed by atoms with Crippen LogP contribution in [0.4, 0.5) is 0 Å². The third-order valence-corrected chi connectivity index (χ3v) is 10.1. The molecule has 3 atom stereocenters. The number of carbonyl (C=O) groups excluding carboxylic acids is 2. The Morgan fingerprint density at radius 3 is 2.72 bits per heavy atom. The number of rotatable bonds is 5. The molecule has 2 N–H and O–H groups in total. The molecule has 3 fully saturated rings. The van der Waals surface area contributed by atoms with Gasteiger partial charge in [-0.2, -0.15) is 5.10 Å². The van der Waals surface area contributed by atoms with Gasteiger partial charge in [0.2, 0.25) is 0 Å². The molecule has 43 heavy (non-hydrogen) atoms. The highest BCUT2D eigenvalue weighted by Crippen LogP contribution is 2.39. The van der Waals surface area contributed by atoms with Crippen LogP contribution in [0, 0.1) is 18.8 Å². The molecule has 4 aromatic heterocycles. The zero-order valence-corrected chi connectivity index (χ0v) is 23.9. The number of aliphatic imine (C=N–C) groups is 1. The molecule has 2 aliphatic carbocycles. The van der Waals surface area contributed by atoms with Crippen molar-refractivity contribution in [3.05, 3.63) is 77.0 Å². The normalized spacial score (nSPS) is 22.4. The summed E-state index contributed by atoms with van der Waals surface area (Å²) >= 11 is 0. The number of amides is 2. The number of hydrogen-bond acceptors (Lipinski definition) is 5. The number of nitrogens with zero attached hydrogens (tertiary/aromatic N) is 6. The van der Waals surface area contributed by atoms with Crippen LogP contribution in [0.1, 0.15) is 57.5 Å². The first-order valence-corrected chi connectivity index (χ1v) is 15.2. The second-order valence-electron chi connectivity index (χ2n) is 12.7. The lowest BCUT2D eigenvalue weighted by molar-refractivity contribution is 0.0700. The summed E-state index contributed by atoms with van der Waals surface area (Å²) in [5.74, 6) is 0.894. The van der Waals surface area contributed by atoms with E-state index in [9.17, 15) is 9.59 Å². The Morgan fingerprint density at radius 2 is 1.93 bits per heavy atom. The largest absolute Gasteiger partial charge is 0.334 e. The van der Waals surface area contributed by atoms with Crippen LogP contribution in [0.3, 0.4) is 0 Å². The first-order chi connectivity index (χ1) is 20.9. The summed E-state index contributed by atoms with van der Waals surface area (Å²) in [6.07, 6.45) is 8.04. The average molecular weight is 570 g/mol. The second-order valence-corrected chi connectivity index (χ2v) is 12.7. The number of fused-ring (bicyclic) bond motifs is 5. The molecule has 5 aromatic rings. The van der Waals surface area contributed by atoms with Crippen molar-refractivity contribution in [2.45, 2.75) is 51.2 Å². The van der Waals surface area contributed by atoms with Gasteiger partial charge in [-0.3, -0.25) is 9.59 Å². The molecule has 9 rings (SSSR count). The standard InChI is InChI=1S/C34H31N7O2/c1-18-27-10-7-23(34(43)40-16-22-6-11-28(40)30(22)35)17-41(27)38-31(18)29-13-21-5-9-26(37-32(21)39(29)15-19-2-3-19)20-4-8-25-24(12-20)14-36-33(25)42/h4-5,7-10,12-14,17,19,22,28,30H,2-3,6,11,15-16,35H2,1H3/t22?,28?,30-/m1/s1. The molecular formula is C34H31N7O2. The molecule has 9 heteroatoms. The van der Waals surface area contributed by atoms with E-state index in [1.54, 1.807) is 6.21 Å². The molecule has 4 aliphatic rings. The van der Waals surface area contributed by atoms with E-state index in [1.165, 1.54) is 12.8 Å². The number of pyridine rings is 2. The van der Waals surface area contributed by atoms with Crippen LogP contribution in [0.2, 0.25) is 0 Å². The van der Waals surface area contributed by atoms with E-state index in [1.807, 2.05) is 52.0 Å². The Bertz CT molecular complexity index is 2050. The minimum atomic E-state index is -0.195. The number of nitrogens with two attached hydrogens (primary N) is 1. The van der Waals surface area contributed by atoms with Gasteiger partial charge in [0.15, 0.2) is 0 Å². The lowest BCUT2D eigenvalue weighted by Crippen LogP contribution is -2.41. The Labute approximate surface area is 248 Å². The van der Waals surface area contributed by atoms with Gasteiger partial charge in [-0.15, -0.1) is 0 Å². The summed E-state index contributed by atoms with van der Waals surface area (Å²) in [5.41, 5.74) is 15.2. The summed E-state index contributed by atoms with van der Waals surface area (Å²) in [5, 5.41) is 6.11. The fourth-order valence-corrected chi connectivity index (χ4v) is 7.44. The van der Waals surface area contributed by atoms with Gasteiger partial charge in [0.1, 0.15) is 11.3 Å². The molecule has 9 nitrogen and oxygen atoms in total. The van der Waals surface area contributed by atoms with Gasteiger partial charge >= 0.3 is 0 Å². The molecule has 1 aromatic carbocycles. The zero-order valence-electron chi connectivity index (χ0n) is 23.9. The first kappa shape index (κ1) is 24.9. The highest BCUT2D eigenvalue weighted by Gasteiger charge is 2.46. The molecule has 2 bridgehead atoms. The van der Waals surface area contributed by atoms with Crippen LogP contribution in [0.5, 0.6) is 0 Å². The molecule has 0 radical (unpaired) electrons. The highest BCUT2D eigenvalue weighted by molar-refractivity contribution is 6.13. The van der Waals surface area contributed by atoms with Gasteiger partial charge in [-0.1, -0.05) is 6.07 Å². The zero-order chi connectivity index (χ0) is 29.0. The number of hydrogen-bond donors (Lipinski definition) is 1. The predicted octanol–water partition coefficient (Wildman–Crippen LogP) is 4.87. The van der Waals surface area contributed by atoms with Crippen LogP contribution in [-0.2, 0) is 6.54 Å². The van der Waals surface area contributed by atoms with Crippen LogP contribution in [-0.4, -0.2) is 60.7 Å². The van der Waals surface area contributed by atoms with Gasteiger partial charge in [0.25, 0.3) is 11.8 Å². The van der Waals surface area contributed by atoms with Gasteiger partial charge in [-0.25, -0.2) is 14.5 Å². The smallest absolute Gasteiger partial charge is 0.277 e. The van der Waals surface area contributed by atoms with Gasteiger partial charge in [0.05, 0.1) is 28.0 Å². The van der Waals surface area contributed by atoms with Crippen molar-refractivity contribution >= 4 is 34.6 Å². The molecule has 2 unspecified atom stereocenters. The SMILES string of the molecule is Cc1c(-c2cc3ccc(-c4ccc5c(c4)C=NC5=O)nc3n2CC2CC2)nn2cc(C(=O)N3CC4CCC3[C@@H]4N)ccc12. The summed E-state index contributed by atoms with van der Waals surface area (Å²) < 4.78 is 4.18. The Kier molecular flexibility index (Phi) is 5.18. The lowest BCUT2D eigenvalue weighted by Gasteiger charge is -2.27. The number of piperidine rings is 1. The van der Waals surface area contributed by atoms with Crippen LogP contribution < -0.4 is 5.73 Å². The number of carbonyl (C=O) groups is 2. The van der Waals surface area contributed by atoms with Crippen molar-refractivity contribution < 1.29 is 9.59 Å². The van der Waals surface area contributed by atoms with Crippen molar-refractivity contribution in [3.63, 3.8) is 0 Å². The first-order valence-electron chi connectivity index (χ1n) is 15.2. The van der Waals surface area contributed by atoms with Crippen molar-refractivity contribution in [1.82, 2.24) is 24.1 Å². The highest BCUT2D eigenvalue weighted by atomic mass is 16.2. The fourth-order valence-electron chi connectivity index (χ4n) is 7.44. The van der Waals surface area contributed by atoms with Gasteiger partial charge in [0, 0.05) is 59.7 Å². The molecule has 6 heterocycles. The fraction of sp³-hybridized carbons (Fsp3) is 0.324. The van der Waals surface area contributed by atoms with E-state index in [-0.39, 0.29) is 23.9 Å². The van der Waals surface area contributed by atoms with Crippen molar-refractivity contribution in [2.75, 3.05) is 6.54 Å². The third kappa shape index (κ3) is 3.77. The summed E-state index contributed by atoms with van der Waals surface area (Å²) in [6, 6.07) is 16.3. The summed E-state index contributed by atoms with van der Waals surface area (Å²) in [4.78, 5) is 36.5. The van der Waals surface area contributed by atoms with Crippen LogP contribution in [0.15, 0.2) is 59.7 Å². The maximum absolute atomic E-state index is 13.5. The Hall–Kier alpha value is -4.63. The van der Waals surface area contributed by atoms with Crippen molar-refractivity contribution in [1.29, 1.82) is 0 Å². The summed E-state index contributed by atoms with van der Waals surface area (Å²) in [6.45, 7) is 3.73. The van der Waals surface area contributed by atoms with E-state index >= 15 is 0 Å². The maximum atomic E-state index is 13.5. The maximum Gasteiger partial charge on any atom is 0.277 e. The predicted molar refractivity (Wildman–Crippen MR) is 164 cm³/mol. The quantitative estimate of drug-likeness (QED) is 0.325. The Balaban J connectivity index is 1.12. The van der Waals surface area contributed by atoms with Crippen molar-refractivity contribution in [2.24, 2.45) is 22.6 Å². The number of aryl methyl sites for hydroxylation is 1. The molecule has 214 valence electrons. The summed E-state index contributed by atoms with van der Waals surface area (Å²) in [7, 11) is 0. The molecule has 0 spiro atoms. The minimum Gasteiger partial charge on any atom is -0.334 e. The van der Waals surface area contributed by atoms with E-state index in [0.29, 0.717) is 23.0 Å². The molecule has 1 saturated heterocycles. The van der Waals surface area contributed by atoms with Crippen LogP contribution >= 0.6 is 0 Å². The number of likely N-dealkylation sites (tertiary alicyclic amines) is 1. The lowest BCUT2D eigenvalue weighted by atomic mass is 10.0. The molecular weight excluding hydrogens is 538 g/mol.